The average Bonchev–Trinajstić information content (AvgIpc) is 2.34. The standard InChI is InChI=1S/C14H28N2O2/c1-5-15-12-8-7-9-16(14(12)17)13(11(3)4)10-18-6-2/h11-13,15H,5-10H2,1-4H3. The van der Waals surface area contributed by atoms with Crippen LogP contribution in [-0.4, -0.2) is 49.2 Å². The summed E-state index contributed by atoms with van der Waals surface area (Å²) in [7, 11) is 0. The Kier molecular flexibility index (Phi) is 6.65. The van der Waals surface area contributed by atoms with Crippen molar-refractivity contribution in [3.63, 3.8) is 0 Å². The van der Waals surface area contributed by atoms with E-state index in [4.69, 9.17) is 4.74 Å². The first-order valence-corrected chi connectivity index (χ1v) is 7.23. The zero-order valence-electron chi connectivity index (χ0n) is 12.2. The second-order valence-corrected chi connectivity index (χ2v) is 5.25. The topological polar surface area (TPSA) is 41.6 Å². The molecular weight excluding hydrogens is 228 g/mol. The number of ether oxygens (including phenoxy) is 1. The number of amides is 1. The first kappa shape index (κ1) is 15.4. The number of likely N-dealkylation sites (tertiary alicyclic amines) is 1. The highest BCUT2D eigenvalue weighted by Gasteiger charge is 2.33. The van der Waals surface area contributed by atoms with Crippen LogP contribution in [0.1, 0.15) is 40.5 Å². The fourth-order valence-electron chi connectivity index (χ4n) is 2.55. The van der Waals surface area contributed by atoms with E-state index in [9.17, 15) is 4.79 Å². The summed E-state index contributed by atoms with van der Waals surface area (Å²) in [4.78, 5) is 14.5. The number of hydrogen-bond donors (Lipinski definition) is 1. The Balaban J connectivity index is 2.67. The van der Waals surface area contributed by atoms with Crippen molar-refractivity contribution in [3.05, 3.63) is 0 Å². The quantitative estimate of drug-likeness (QED) is 0.753. The van der Waals surface area contributed by atoms with Gasteiger partial charge in [0.25, 0.3) is 0 Å². The van der Waals surface area contributed by atoms with Crippen LogP contribution in [0.2, 0.25) is 0 Å². The Labute approximate surface area is 111 Å². The Bertz CT molecular complexity index is 254. The van der Waals surface area contributed by atoms with Gasteiger partial charge in [0, 0.05) is 13.2 Å². The number of rotatable bonds is 7. The van der Waals surface area contributed by atoms with E-state index in [1.165, 1.54) is 0 Å². The van der Waals surface area contributed by atoms with Crippen LogP contribution in [0.3, 0.4) is 0 Å². The third-order valence-corrected chi connectivity index (χ3v) is 3.59. The molecule has 1 heterocycles. The van der Waals surface area contributed by atoms with E-state index >= 15 is 0 Å². The number of nitrogens with zero attached hydrogens (tertiary/aromatic N) is 1. The first-order valence-electron chi connectivity index (χ1n) is 7.23. The van der Waals surface area contributed by atoms with E-state index in [0.29, 0.717) is 19.1 Å². The molecule has 0 aromatic carbocycles. The molecule has 18 heavy (non-hydrogen) atoms. The molecule has 1 saturated heterocycles. The largest absolute Gasteiger partial charge is 0.380 e. The zero-order chi connectivity index (χ0) is 13.5. The van der Waals surface area contributed by atoms with Gasteiger partial charge in [0.05, 0.1) is 18.7 Å². The normalized spacial score (nSPS) is 22.6. The Morgan fingerprint density at radius 2 is 2.17 bits per heavy atom. The summed E-state index contributed by atoms with van der Waals surface area (Å²) in [6, 6.07) is 0.213. The van der Waals surface area contributed by atoms with Crippen molar-refractivity contribution < 1.29 is 9.53 Å². The molecule has 0 aromatic heterocycles. The number of nitrogens with one attached hydrogen (secondary N) is 1. The van der Waals surface area contributed by atoms with Gasteiger partial charge in [-0.25, -0.2) is 0 Å². The molecule has 1 aliphatic rings. The number of carbonyl (C=O) groups excluding carboxylic acids is 1. The number of piperidine rings is 1. The lowest BCUT2D eigenvalue weighted by atomic mass is 9.97. The van der Waals surface area contributed by atoms with Crippen LogP contribution in [0.25, 0.3) is 0 Å². The molecule has 106 valence electrons. The van der Waals surface area contributed by atoms with Crippen molar-refractivity contribution in [2.75, 3.05) is 26.3 Å². The van der Waals surface area contributed by atoms with Crippen LogP contribution in [0, 0.1) is 5.92 Å². The van der Waals surface area contributed by atoms with Crippen molar-refractivity contribution in [1.29, 1.82) is 0 Å². The molecule has 1 fully saturated rings. The Morgan fingerprint density at radius 1 is 1.44 bits per heavy atom. The lowest BCUT2D eigenvalue weighted by Crippen LogP contribution is -2.56. The second kappa shape index (κ2) is 7.74. The first-order chi connectivity index (χ1) is 8.61. The maximum absolute atomic E-state index is 12.4. The van der Waals surface area contributed by atoms with Crippen molar-refractivity contribution in [3.8, 4) is 0 Å². The van der Waals surface area contributed by atoms with Gasteiger partial charge in [0.1, 0.15) is 0 Å². The molecule has 2 unspecified atom stereocenters. The molecule has 0 spiro atoms. The minimum absolute atomic E-state index is 0.00614. The maximum atomic E-state index is 12.4. The summed E-state index contributed by atoms with van der Waals surface area (Å²) < 4.78 is 5.54. The van der Waals surface area contributed by atoms with Gasteiger partial charge in [-0.15, -0.1) is 0 Å². The average molecular weight is 256 g/mol. The summed E-state index contributed by atoms with van der Waals surface area (Å²) >= 11 is 0. The third kappa shape index (κ3) is 3.95. The second-order valence-electron chi connectivity index (χ2n) is 5.25. The zero-order valence-corrected chi connectivity index (χ0v) is 12.2. The molecule has 0 saturated carbocycles. The fraction of sp³-hybridized carbons (Fsp3) is 0.929. The van der Waals surface area contributed by atoms with Crippen LogP contribution in [0.15, 0.2) is 0 Å². The van der Waals surface area contributed by atoms with Gasteiger partial charge < -0.3 is 15.0 Å². The summed E-state index contributed by atoms with van der Waals surface area (Å²) in [5.41, 5.74) is 0. The van der Waals surface area contributed by atoms with Crippen LogP contribution < -0.4 is 5.32 Å². The number of carbonyl (C=O) groups is 1. The third-order valence-electron chi connectivity index (χ3n) is 3.59. The van der Waals surface area contributed by atoms with Crippen LogP contribution in [0.4, 0.5) is 0 Å². The predicted octanol–water partition coefficient (Wildman–Crippen LogP) is 1.65. The maximum Gasteiger partial charge on any atom is 0.240 e. The van der Waals surface area contributed by atoms with Crippen molar-refractivity contribution in [2.24, 2.45) is 5.92 Å². The monoisotopic (exact) mass is 256 g/mol. The van der Waals surface area contributed by atoms with E-state index in [1.807, 2.05) is 18.7 Å². The van der Waals surface area contributed by atoms with Crippen LogP contribution >= 0.6 is 0 Å². The molecular formula is C14H28N2O2. The van der Waals surface area contributed by atoms with Gasteiger partial charge in [0.15, 0.2) is 0 Å². The molecule has 0 aromatic rings. The van der Waals surface area contributed by atoms with Gasteiger partial charge >= 0.3 is 0 Å². The Hall–Kier alpha value is -0.610. The summed E-state index contributed by atoms with van der Waals surface area (Å²) in [5, 5.41) is 3.28. The number of likely N-dealkylation sites (N-methyl/N-ethyl adjacent to an activating group) is 1. The van der Waals surface area contributed by atoms with E-state index in [2.05, 4.69) is 19.2 Å². The van der Waals surface area contributed by atoms with E-state index in [0.717, 1.165) is 25.9 Å². The number of hydrogen-bond acceptors (Lipinski definition) is 3. The molecule has 4 heteroatoms. The van der Waals surface area contributed by atoms with Crippen molar-refractivity contribution >= 4 is 5.91 Å². The van der Waals surface area contributed by atoms with Gasteiger partial charge in [-0.05, 0) is 32.2 Å². The van der Waals surface area contributed by atoms with E-state index < -0.39 is 0 Å². The van der Waals surface area contributed by atoms with Gasteiger partial charge in [-0.1, -0.05) is 20.8 Å². The molecule has 1 amide bonds. The molecule has 4 nitrogen and oxygen atoms in total. The summed E-state index contributed by atoms with van der Waals surface area (Å²) in [6.07, 6.45) is 2.04. The van der Waals surface area contributed by atoms with E-state index in [-0.39, 0.29) is 18.0 Å². The van der Waals surface area contributed by atoms with Gasteiger partial charge in [0.2, 0.25) is 5.91 Å². The minimum Gasteiger partial charge on any atom is -0.380 e. The predicted molar refractivity (Wildman–Crippen MR) is 73.5 cm³/mol. The highest BCUT2D eigenvalue weighted by Crippen LogP contribution is 2.19. The minimum atomic E-state index is 0.00614. The molecule has 0 radical (unpaired) electrons. The molecule has 2 atom stereocenters. The fourth-order valence-corrected chi connectivity index (χ4v) is 2.55. The highest BCUT2D eigenvalue weighted by atomic mass is 16.5. The van der Waals surface area contributed by atoms with Gasteiger partial charge in [-0.2, -0.15) is 0 Å². The molecule has 1 N–H and O–H groups in total. The van der Waals surface area contributed by atoms with Gasteiger partial charge in [-0.3, -0.25) is 4.79 Å². The van der Waals surface area contributed by atoms with Crippen LogP contribution in [0.5, 0.6) is 0 Å². The van der Waals surface area contributed by atoms with Crippen molar-refractivity contribution in [2.45, 2.75) is 52.6 Å². The smallest absolute Gasteiger partial charge is 0.240 e. The summed E-state index contributed by atoms with van der Waals surface area (Å²) in [6.45, 7) is 11.4. The Morgan fingerprint density at radius 3 is 2.72 bits per heavy atom. The molecule has 1 rings (SSSR count). The SMILES string of the molecule is CCNC1CCCN(C(COCC)C(C)C)C1=O. The van der Waals surface area contributed by atoms with Crippen LogP contribution in [-0.2, 0) is 9.53 Å². The lowest BCUT2D eigenvalue weighted by molar-refractivity contribution is -0.141. The summed E-state index contributed by atoms with van der Waals surface area (Å²) in [5.74, 6) is 0.683. The highest BCUT2D eigenvalue weighted by molar-refractivity contribution is 5.83. The molecule has 1 aliphatic heterocycles. The molecule has 0 bridgehead atoms. The molecule has 0 aliphatic carbocycles. The van der Waals surface area contributed by atoms with Crippen molar-refractivity contribution in [1.82, 2.24) is 10.2 Å². The van der Waals surface area contributed by atoms with E-state index in [1.54, 1.807) is 0 Å². The lowest BCUT2D eigenvalue weighted by Gasteiger charge is -2.40.